The Kier molecular flexibility index (Phi) is 7.09. The molecule has 0 spiro atoms. The van der Waals surface area contributed by atoms with E-state index in [0.29, 0.717) is 68.0 Å². The maximum absolute atomic E-state index is 14.1. The minimum absolute atomic E-state index is 0.0565. The summed E-state index contributed by atoms with van der Waals surface area (Å²) in [6, 6.07) is 7.20. The Morgan fingerprint density at radius 2 is 1.92 bits per heavy atom. The molecule has 0 saturated carbocycles. The molecule has 0 aliphatic carbocycles. The zero-order valence-corrected chi connectivity index (χ0v) is 20.9. The number of piperidine rings is 1. The van der Waals surface area contributed by atoms with Gasteiger partial charge in [-0.05, 0) is 50.3 Å². The minimum Gasteiger partial charge on any atom is -0.465 e. The fourth-order valence-electron chi connectivity index (χ4n) is 4.99. The smallest absolute Gasteiger partial charge is 0.407 e. The number of imidazole rings is 1. The Morgan fingerprint density at radius 3 is 2.62 bits per heavy atom. The first-order valence-electron chi connectivity index (χ1n) is 12.5. The molecule has 198 valence electrons. The zero-order valence-electron chi connectivity index (χ0n) is 20.9. The van der Waals surface area contributed by atoms with Crippen LogP contribution in [0.5, 0.6) is 0 Å². The van der Waals surface area contributed by atoms with Gasteiger partial charge in [-0.1, -0.05) is 6.07 Å². The summed E-state index contributed by atoms with van der Waals surface area (Å²) in [5, 5.41) is 12.5. The maximum atomic E-state index is 14.1. The second-order valence-corrected chi connectivity index (χ2v) is 9.72. The van der Waals surface area contributed by atoms with Crippen LogP contribution in [0.25, 0.3) is 16.9 Å². The van der Waals surface area contributed by atoms with Crippen LogP contribution in [0, 0.1) is 12.8 Å². The van der Waals surface area contributed by atoms with E-state index in [4.69, 9.17) is 9.72 Å². The Hall–Kier alpha value is -3.54. The van der Waals surface area contributed by atoms with Crippen molar-refractivity contribution in [3.63, 3.8) is 0 Å². The Bertz CT molecular complexity index is 1280. The topological polar surface area (TPSA) is 109 Å². The summed E-state index contributed by atoms with van der Waals surface area (Å²) in [6.07, 6.45) is -2.23. The van der Waals surface area contributed by atoms with E-state index in [2.05, 4.69) is 20.2 Å². The van der Waals surface area contributed by atoms with Gasteiger partial charge >= 0.3 is 6.09 Å². The Morgan fingerprint density at radius 1 is 1.16 bits per heavy atom. The lowest BCUT2D eigenvalue weighted by Gasteiger charge is -2.34. The highest BCUT2D eigenvalue weighted by atomic mass is 19.3. The largest absolute Gasteiger partial charge is 0.465 e. The van der Waals surface area contributed by atoms with Crippen LogP contribution >= 0.6 is 0 Å². The molecule has 2 aliphatic heterocycles. The van der Waals surface area contributed by atoms with E-state index in [1.807, 2.05) is 26.0 Å². The number of nitrogens with one attached hydrogen (secondary N) is 1. The van der Waals surface area contributed by atoms with Crippen molar-refractivity contribution in [2.75, 3.05) is 49.6 Å². The number of carbonyl (C=O) groups is 1. The number of halogens is 2. The van der Waals surface area contributed by atoms with E-state index in [1.54, 1.807) is 12.1 Å². The SMILES string of the molecule is Cc1ccc2nc(C(F)F)n(-c3cc(N4CCOC[C@H]4C)nc(NCC4CCN(C(=O)O)CC4)n3)c2c1. The van der Waals surface area contributed by atoms with E-state index >= 15 is 0 Å². The van der Waals surface area contributed by atoms with Crippen molar-refractivity contribution in [1.82, 2.24) is 24.4 Å². The molecule has 10 nitrogen and oxygen atoms in total. The number of morpholine rings is 1. The van der Waals surface area contributed by atoms with Gasteiger partial charge in [-0.15, -0.1) is 0 Å². The third kappa shape index (κ3) is 5.29. The Labute approximate surface area is 213 Å². The van der Waals surface area contributed by atoms with Crippen molar-refractivity contribution in [2.45, 2.75) is 39.2 Å². The molecule has 1 amide bonds. The first-order chi connectivity index (χ1) is 17.8. The van der Waals surface area contributed by atoms with E-state index < -0.39 is 12.5 Å². The van der Waals surface area contributed by atoms with Crippen LogP contribution in [0.1, 0.15) is 37.6 Å². The number of fused-ring (bicyclic) bond motifs is 1. The molecule has 2 fully saturated rings. The summed E-state index contributed by atoms with van der Waals surface area (Å²) >= 11 is 0. The third-order valence-corrected chi connectivity index (χ3v) is 7.06. The van der Waals surface area contributed by atoms with E-state index in [-0.39, 0.29) is 17.8 Å². The third-order valence-electron chi connectivity index (χ3n) is 7.06. The highest BCUT2D eigenvalue weighted by Gasteiger charge is 2.26. The van der Waals surface area contributed by atoms with Gasteiger partial charge in [0.2, 0.25) is 5.95 Å². The summed E-state index contributed by atoms with van der Waals surface area (Å²) in [6.45, 7) is 7.17. The fourth-order valence-corrected chi connectivity index (χ4v) is 4.99. The maximum Gasteiger partial charge on any atom is 0.407 e. The van der Waals surface area contributed by atoms with Crippen LogP contribution in [0.15, 0.2) is 24.3 Å². The van der Waals surface area contributed by atoms with E-state index in [0.717, 1.165) is 18.4 Å². The van der Waals surface area contributed by atoms with Gasteiger partial charge in [-0.3, -0.25) is 4.57 Å². The van der Waals surface area contributed by atoms with Crippen molar-refractivity contribution < 1.29 is 23.4 Å². The van der Waals surface area contributed by atoms with Gasteiger partial charge in [0.1, 0.15) is 11.6 Å². The van der Waals surface area contributed by atoms with E-state index in [1.165, 1.54) is 9.47 Å². The van der Waals surface area contributed by atoms with Crippen LogP contribution in [0.2, 0.25) is 0 Å². The van der Waals surface area contributed by atoms with Crippen LogP contribution in [-0.4, -0.2) is 81.1 Å². The lowest BCUT2D eigenvalue weighted by atomic mass is 9.97. The zero-order chi connectivity index (χ0) is 26.1. The number of nitrogens with zero attached hydrogens (tertiary/aromatic N) is 6. The first-order valence-corrected chi connectivity index (χ1v) is 12.5. The first kappa shape index (κ1) is 25.1. The van der Waals surface area contributed by atoms with Gasteiger partial charge in [-0.25, -0.2) is 18.6 Å². The summed E-state index contributed by atoms with van der Waals surface area (Å²) in [5.41, 5.74) is 1.96. The predicted molar refractivity (Wildman–Crippen MR) is 135 cm³/mol. The average molecular weight is 516 g/mol. The van der Waals surface area contributed by atoms with Gasteiger partial charge in [0.05, 0.1) is 30.3 Å². The van der Waals surface area contributed by atoms with Crippen LogP contribution in [0.4, 0.5) is 25.3 Å². The molecule has 2 aromatic heterocycles. The lowest BCUT2D eigenvalue weighted by molar-refractivity contribution is 0.0985. The monoisotopic (exact) mass is 515 g/mol. The molecular formula is C25H31F2N7O3. The van der Waals surface area contributed by atoms with Crippen molar-refractivity contribution >= 4 is 28.9 Å². The van der Waals surface area contributed by atoms with Crippen molar-refractivity contribution in [3.8, 4) is 5.82 Å². The molecule has 3 aromatic rings. The molecule has 12 heteroatoms. The van der Waals surface area contributed by atoms with Gasteiger partial charge < -0.3 is 25.0 Å². The van der Waals surface area contributed by atoms with Gasteiger partial charge in [0, 0.05) is 32.2 Å². The molecule has 1 aromatic carbocycles. The number of carboxylic acid groups (broad SMARTS) is 1. The van der Waals surface area contributed by atoms with Crippen LogP contribution < -0.4 is 10.2 Å². The summed E-state index contributed by atoms with van der Waals surface area (Å²) in [5.74, 6) is 1.16. The summed E-state index contributed by atoms with van der Waals surface area (Å²) in [7, 11) is 0. The molecule has 0 unspecified atom stereocenters. The standard InChI is InChI=1S/C25H31F2N7O3/c1-15-3-4-18-19(11-15)34(23(29-18)22(26)27)21-12-20(33-9-10-37-14-16(33)2)30-24(31-21)28-13-17-5-7-32(8-6-17)25(35)36/h3-4,11-12,16-17,22H,5-10,13-14H2,1-2H3,(H,35,36)(H,28,30,31)/t16-/m1/s1. The molecule has 0 bridgehead atoms. The second-order valence-electron chi connectivity index (χ2n) is 9.72. The molecule has 2 aliphatic rings. The fraction of sp³-hybridized carbons (Fsp3) is 0.520. The molecule has 4 heterocycles. The normalized spacial score (nSPS) is 19.1. The van der Waals surface area contributed by atoms with Gasteiger partial charge in [0.15, 0.2) is 5.82 Å². The number of aryl methyl sites for hydroxylation is 1. The number of anilines is 2. The number of aromatic nitrogens is 4. The number of hydrogen-bond donors (Lipinski definition) is 2. The van der Waals surface area contributed by atoms with Crippen LogP contribution in [-0.2, 0) is 4.74 Å². The summed E-state index contributed by atoms with van der Waals surface area (Å²) < 4.78 is 35.3. The number of alkyl halides is 2. The van der Waals surface area contributed by atoms with E-state index in [9.17, 15) is 18.7 Å². The number of likely N-dealkylation sites (tertiary alicyclic amines) is 1. The highest BCUT2D eigenvalue weighted by molar-refractivity contribution is 5.79. The molecule has 37 heavy (non-hydrogen) atoms. The molecule has 0 radical (unpaired) electrons. The molecule has 5 rings (SSSR count). The minimum atomic E-state index is -2.79. The molecule has 2 N–H and O–H groups in total. The predicted octanol–water partition coefficient (Wildman–Crippen LogP) is 4.09. The number of amides is 1. The molecule has 2 saturated heterocycles. The highest BCUT2D eigenvalue weighted by Crippen LogP contribution is 2.30. The van der Waals surface area contributed by atoms with Crippen molar-refractivity contribution in [3.05, 3.63) is 35.7 Å². The Balaban J connectivity index is 1.51. The average Bonchev–Trinajstić information content (AvgIpc) is 3.27. The molecular weight excluding hydrogens is 484 g/mol. The number of rotatable bonds is 6. The number of ether oxygens (including phenoxy) is 1. The van der Waals surface area contributed by atoms with Crippen LogP contribution in [0.3, 0.4) is 0 Å². The lowest BCUT2D eigenvalue weighted by Crippen LogP contribution is -2.44. The van der Waals surface area contributed by atoms with Crippen molar-refractivity contribution in [2.24, 2.45) is 5.92 Å². The van der Waals surface area contributed by atoms with Gasteiger partial charge in [0.25, 0.3) is 6.43 Å². The second kappa shape index (κ2) is 10.4. The van der Waals surface area contributed by atoms with Crippen molar-refractivity contribution in [1.29, 1.82) is 0 Å². The quantitative estimate of drug-likeness (QED) is 0.506. The van der Waals surface area contributed by atoms with Gasteiger partial charge in [-0.2, -0.15) is 9.97 Å². The molecule has 1 atom stereocenters. The summed E-state index contributed by atoms with van der Waals surface area (Å²) in [4.78, 5) is 28.3. The number of benzene rings is 1. The number of hydrogen-bond acceptors (Lipinski definition) is 7.